The Balaban J connectivity index is 1.24. The van der Waals surface area contributed by atoms with Gasteiger partial charge in [-0.2, -0.15) is 0 Å². The van der Waals surface area contributed by atoms with E-state index in [-0.39, 0.29) is 23.4 Å². The topological polar surface area (TPSA) is 64.2 Å². The third-order valence-corrected chi connectivity index (χ3v) is 10.5. The lowest BCUT2D eigenvalue weighted by Crippen LogP contribution is -2.62. The monoisotopic (exact) mass is 506 g/mol. The summed E-state index contributed by atoms with van der Waals surface area (Å²) in [6.45, 7) is 8.76. The molecule has 0 radical (unpaired) electrons. The first-order valence-electron chi connectivity index (χ1n) is 14.4. The van der Waals surface area contributed by atoms with Gasteiger partial charge in [0.15, 0.2) is 0 Å². The van der Waals surface area contributed by atoms with Crippen molar-refractivity contribution in [3.63, 3.8) is 0 Å². The molecule has 1 aromatic rings. The maximum absolute atomic E-state index is 13.5. The second-order valence-corrected chi connectivity index (χ2v) is 13.0. The van der Waals surface area contributed by atoms with Crippen molar-refractivity contribution in [1.29, 1.82) is 0 Å². The zero-order valence-corrected chi connectivity index (χ0v) is 22.9. The molecule has 1 aliphatic carbocycles. The highest BCUT2D eigenvalue weighted by atomic mass is 16.2. The number of nitrogens with zero attached hydrogens (tertiary/aromatic N) is 4. The average Bonchev–Trinajstić information content (AvgIpc) is 3.44. The first kappa shape index (κ1) is 24.9. The summed E-state index contributed by atoms with van der Waals surface area (Å²) in [4.78, 5) is 48.0. The zero-order valence-electron chi connectivity index (χ0n) is 22.9. The SMILES string of the molecule is CC(C)N1C(=O)N(C)C(=O)C12CC1CCC(C2)N1C[C@H]1CN(C(=O)C2(C)CCC2)C[C@@H]1c1ccccc1. The second-order valence-electron chi connectivity index (χ2n) is 13.0. The van der Waals surface area contributed by atoms with Crippen molar-refractivity contribution in [3.8, 4) is 0 Å². The van der Waals surface area contributed by atoms with Crippen molar-refractivity contribution in [3.05, 3.63) is 35.9 Å². The molecule has 0 N–H and O–H groups in total. The minimum atomic E-state index is -0.697. The number of amides is 4. The van der Waals surface area contributed by atoms with Crippen LogP contribution in [0.2, 0.25) is 0 Å². The van der Waals surface area contributed by atoms with Gasteiger partial charge in [-0.05, 0) is 63.9 Å². The van der Waals surface area contributed by atoms with Crippen LogP contribution in [-0.4, -0.2) is 87.8 Å². The van der Waals surface area contributed by atoms with Crippen LogP contribution in [0, 0.1) is 11.3 Å². The summed E-state index contributed by atoms with van der Waals surface area (Å²) in [5.74, 6) is 1.03. The summed E-state index contributed by atoms with van der Waals surface area (Å²) in [5.41, 5.74) is 0.456. The number of imide groups is 1. The maximum Gasteiger partial charge on any atom is 0.327 e. The molecule has 5 aliphatic rings. The van der Waals surface area contributed by atoms with Crippen LogP contribution in [0.15, 0.2) is 30.3 Å². The molecule has 4 atom stereocenters. The molecule has 1 spiro atoms. The van der Waals surface area contributed by atoms with Crippen LogP contribution < -0.4 is 0 Å². The molecule has 0 aromatic heterocycles. The second kappa shape index (κ2) is 8.82. The average molecular weight is 507 g/mol. The first-order valence-corrected chi connectivity index (χ1v) is 14.4. The summed E-state index contributed by atoms with van der Waals surface area (Å²) >= 11 is 0. The highest BCUT2D eigenvalue weighted by Crippen LogP contribution is 2.49. The quantitative estimate of drug-likeness (QED) is 0.565. The van der Waals surface area contributed by atoms with Crippen molar-refractivity contribution in [2.45, 2.75) is 95.3 Å². The van der Waals surface area contributed by atoms with Gasteiger partial charge in [-0.15, -0.1) is 0 Å². The van der Waals surface area contributed by atoms with E-state index in [1.54, 1.807) is 7.05 Å². The van der Waals surface area contributed by atoms with E-state index in [0.717, 1.165) is 64.6 Å². The lowest BCUT2D eigenvalue weighted by Gasteiger charge is -2.48. The Morgan fingerprint density at radius 2 is 1.68 bits per heavy atom. The Hall–Kier alpha value is -2.41. The summed E-state index contributed by atoms with van der Waals surface area (Å²) in [5, 5.41) is 0. The maximum atomic E-state index is 13.5. The molecule has 2 unspecified atom stereocenters. The molecule has 1 saturated carbocycles. The number of piperidine rings is 1. The van der Waals surface area contributed by atoms with E-state index in [1.807, 2.05) is 18.7 Å². The molecular formula is C30H42N4O3. The van der Waals surface area contributed by atoms with Crippen LogP contribution in [0.25, 0.3) is 0 Å². The molecule has 4 amide bonds. The number of urea groups is 1. The number of likely N-dealkylation sites (N-methyl/N-ethyl adjacent to an activating group) is 1. The fourth-order valence-electron chi connectivity index (χ4n) is 8.42. The van der Waals surface area contributed by atoms with Crippen molar-refractivity contribution in [2.24, 2.45) is 11.3 Å². The van der Waals surface area contributed by atoms with Crippen LogP contribution in [0.5, 0.6) is 0 Å². The molecule has 37 heavy (non-hydrogen) atoms. The molecule has 1 aromatic carbocycles. The van der Waals surface area contributed by atoms with Gasteiger partial charge in [-0.25, -0.2) is 4.79 Å². The van der Waals surface area contributed by atoms with Gasteiger partial charge in [0.05, 0.1) is 0 Å². The van der Waals surface area contributed by atoms with Gasteiger partial charge in [0.1, 0.15) is 5.54 Å². The number of hydrogen-bond donors (Lipinski definition) is 0. The highest BCUT2D eigenvalue weighted by Gasteiger charge is 2.63. The molecule has 6 rings (SSSR count). The van der Waals surface area contributed by atoms with E-state index in [0.29, 0.717) is 29.8 Å². The Morgan fingerprint density at radius 3 is 2.24 bits per heavy atom. The third-order valence-electron chi connectivity index (χ3n) is 10.5. The number of benzene rings is 1. The van der Waals surface area contributed by atoms with Crippen LogP contribution in [-0.2, 0) is 9.59 Å². The Kier molecular flexibility index (Phi) is 5.94. The molecule has 7 nitrogen and oxygen atoms in total. The molecule has 4 aliphatic heterocycles. The molecule has 2 bridgehead atoms. The number of fused-ring (bicyclic) bond motifs is 2. The number of carbonyl (C=O) groups excluding carboxylic acids is 3. The van der Waals surface area contributed by atoms with Gasteiger partial charge in [-0.3, -0.25) is 19.4 Å². The smallest absolute Gasteiger partial charge is 0.327 e. The predicted octanol–water partition coefficient (Wildman–Crippen LogP) is 4.09. The third kappa shape index (κ3) is 3.75. The molecule has 4 heterocycles. The molecule has 5 fully saturated rings. The van der Waals surface area contributed by atoms with Gasteiger partial charge in [0, 0.05) is 56.1 Å². The Bertz CT molecular complexity index is 1070. The minimum absolute atomic E-state index is 0.00270. The van der Waals surface area contributed by atoms with Gasteiger partial charge in [0.25, 0.3) is 5.91 Å². The largest absolute Gasteiger partial charge is 0.341 e. The van der Waals surface area contributed by atoms with E-state index in [9.17, 15) is 14.4 Å². The lowest BCUT2D eigenvalue weighted by molar-refractivity contribution is -0.145. The van der Waals surface area contributed by atoms with E-state index in [1.165, 1.54) is 10.5 Å². The predicted molar refractivity (Wildman–Crippen MR) is 142 cm³/mol. The van der Waals surface area contributed by atoms with Crippen molar-refractivity contribution in [1.82, 2.24) is 19.6 Å². The summed E-state index contributed by atoms with van der Waals surface area (Å²) in [7, 11) is 1.64. The normalized spacial score (nSPS) is 35.2. The Morgan fingerprint density at radius 1 is 1.03 bits per heavy atom. The van der Waals surface area contributed by atoms with Gasteiger partial charge in [-0.1, -0.05) is 43.7 Å². The van der Waals surface area contributed by atoms with E-state index < -0.39 is 5.54 Å². The van der Waals surface area contributed by atoms with E-state index in [4.69, 9.17) is 0 Å². The van der Waals surface area contributed by atoms with Crippen LogP contribution in [0.3, 0.4) is 0 Å². The van der Waals surface area contributed by atoms with Gasteiger partial charge >= 0.3 is 6.03 Å². The fraction of sp³-hybridized carbons (Fsp3) is 0.700. The molecule has 7 heteroatoms. The van der Waals surface area contributed by atoms with Crippen LogP contribution in [0.1, 0.15) is 77.2 Å². The van der Waals surface area contributed by atoms with Crippen molar-refractivity contribution in [2.75, 3.05) is 26.7 Å². The lowest BCUT2D eigenvalue weighted by atomic mass is 9.69. The van der Waals surface area contributed by atoms with Crippen molar-refractivity contribution < 1.29 is 14.4 Å². The molecular weight excluding hydrogens is 464 g/mol. The summed E-state index contributed by atoms with van der Waals surface area (Å²) < 4.78 is 0. The zero-order chi connectivity index (χ0) is 26.1. The summed E-state index contributed by atoms with van der Waals surface area (Å²) in [6, 6.07) is 11.2. The van der Waals surface area contributed by atoms with E-state index >= 15 is 0 Å². The van der Waals surface area contributed by atoms with Crippen molar-refractivity contribution >= 4 is 17.8 Å². The van der Waals surface area contributed by atoms with Gasteiger partial charge in [0.2, 0.25) is 5.91 Å². The summed E-state index contributed by atoms with van der Waals surface area (Å²) in [6.07, 6.45) is 6.77. The van der Waals surface area contributed by atoms with E-state index in [2.05, 4.69) is 47.1 Å². The Labute approximate surface area is 221 Å². The van der Waals surface area contributed by atoms with Crippen LogP contribution in [0.4, 0.5) is 4.79 Å². The molecule has 4 saturated heterocycles. The highest BCUT2D eigenvalue weighted by molar-refractivity contribution is 6.07. The van der Waals surface area contributed by atoms with Gasteiger partial charge < -0.3 is 9.80 Å². The number of likely N-dealkylation sites (tertiary alicyclic amines) is 1. The number of hydrogen-bond acceptors (Lipinski definition) is 4. The molecule has 200 valence electrons. The van der Waals surface area contributed by atoms with Crippen LogP contribution >= 0.6 is 0 Å². The minimum Gasteiger partial charge on any atom is -0.341 e. The number of rotatable bonds is 5. The standard InChI is InChI=1S/C30H42N4O3/c1-20(2)34-28(37)31(4)27(36)30(34)15-23-11-12-24(16-30)33(23)18-22-17-32(26(35)29(3)13-8-14-29)19-25(22)21-9-6-5-7-10-21/h5-7,9-10,20,22-25H,8,11-19H2,1-4H3/t22-,23?,24?,25-,30?/m1/s1. The fourth-order valence-corrected chi connectivity index (χ4v) is 8.42. The first-order chi connectivity index (χ1) is 17.6. The number of carbonyl (C=O) groups is 3.